The van der Waals surface area contributed by atoms with E-state index in [-0.39, 0.29) is 0 Å². The van der Waals surface area contributed by atoms with Crippen LogP contribution in [0.25, 0.3) is 0 Å². The minimum Gasteiger partial charge on any atom is -0.152 e. The van der Waals surface area contributed by atoms with Crippen LogP contribution >= 0.6 is 11.3 Å². The number of aryl methyl sites for hydroxylation is 2. The number of rotatable bonds is 14. The smallest absolute Gasteiger partial charge is 0.00584 e. The largest absolute Gasteiger partial charge is 0.152 e. The molecule has 0 bridgehead atoms. The molecule has 1 heterocycles. The van der Waals surface area contributed by atoms with Gasteiger partial charge in [0.05, 0.1) is 0 Å². The minimum atomic E-state index is 1.30. The monoisotopic (exact) mass is 308 g/mol. The summed E-state index contributed by atoms with van der Waals surface area (Å²) in [7, 11) is 0. The molecule has 0 fully saturated rings. The third kappa shape index (κ3) is 9.34. The summed E-state index contributed by atoms with van der Waals surface area (Å²) < 4.78 is 0. The Morgan fingerprint density at radius 1 is 0.571 bits per heavy atom. The van der Waals surface area contributed by atoms with Crippen molar-refractivity contribution in [3.8, 4) is 0 Å². The lowest BCUT2D eigenvalue weighted by Gasteiger charge is -2.04. The van der Waals surface area contributed by atoms with Gasteiger partial charge in [-0.15, -0.1) is 0 Å². The number of hydrogen-bond acceptors (Lipinski definition) is 1. The topological polar surface area (TPSA) is 0 Å². The standard InChI is InChI=1S/C20H36S/c1-3-5-7-8-9-10-11-12-13-14-16-20-18-21-17-19(20)15-6-4-2/h17-18H,3-16H2,1-2H3. The first-order valence-electron chi connectivity index (χ1n) is 9.42. The molecule has 0 nitrogen and oxygen atoms in total. The highest BCUT2D eigenvalue weighted by molar-refractivity contribution is 7.08. The molecule has 1 aromatic heterocycles. The van der Waals surface area contributed by atoms with Crippen LogP contribution in [0.1, 0.15) is 102 Å². The number of hydrogen-bond donors (Lipinski definition) is 0. The van der Waals surface area contributed by atoms with Crippen LogP contribution < -0.4 is 0 Å². The Labute approximate surface area is 137 Å². The Hall–Kier alpha value is -0.300. The Bertz CT molecular complexity index is 326. The van der Waals surface area contributed by atoms with Crippen LogP contribution in [-0.2, 0) is 12.8 Å². The third-order valence-electron chi connectivity index (χ3n) is 4.43. The van der Waals surface area contributed by atoms with Crippen molar-refractivity contribution in [1.29, 1.82) is 0 Å². The summed E-state index contributed by atoms with van der Waals surface area (Å²) in [5.41, 5.74) is 3.28. The second-order valence-corrected chi connectivity index (χ2v) is 7.20. The highest BCUT2D eigenvalue weighted by Crippen LogP contribution is 2.20. The zero-order valence-electron chi connectivity index (χ0n) is 14.5. The van der Waals surface area contributed by atoms with Crippen LogP contribution in [0.3, 0.4) is 0 Å². The quantitative estimate of drug-likeness (QED) is 0.311. The van der Waals surface area contributed by atoms with Crippen molar-refractivity contribution < 1.29 is 0 Å². The minimum absolute atomic E-state index is 1.30. The predicted octanol–water partition coefficient (Wildman–Crippen LogP) is 7.55. The normalized spacial score (nSPS) is 11.1. The van der Waals surface area contributed by atoms with Crippen LogP contribution in [0.2, 0.25) is 0 Å². The summed E-state index contributed by atoms with van der Waals surface area (Å²) >= 11 is 1.90. The molecule has 122 valence electrons. The van der Waals surface area contributed by atoms with E-state index in [1.165, 1.54) is 89.9 Å². The molecule has 1 heteroatoms. The van der Waals surface area contributed by atoms with Gasteiger partial charge in [-0.05, 0) is 47.6 Å². The summed E-state index contributed by atoms with van der Waals surface area (Å²) in [4.78, 5) is 0. The van der Waals surface area contributed by atoms with E-state index < -0.39 is 0 Å². The molecular weight excluding hydrogens is 272 g/mol. The highest BCUT2D eigenvalue weighted by Gasteiger charge is 2.03. The summed E-state index contributed by atoms with van der Waals surface area (Å²) in [6.07, 6.45) is 19.6. The molecule has 0 saturated carbocycles. The van der Waals surface area contributed by atoms with Gasteiger partial charge in [0.15, 0.2) is 0 Å². The molecule has 0 aliphatic rings. The van der Waals surface area contributed by atoms with Gasteiger partial charge < -0.3 is 0 Å². The Kier molecular flexibility index (Phi) is 11.9. The van der Waals surface area contributed by atoms with E-state index in [4.69, 9.17) is 0 Å². The maximum atomic E-state index is 2.39. The molecule has 0 spiro atoms. The van der Waals surface area contributed by atoms with E-state index in [2.05, 4.69) is 24.6 Å². The van der Waals surface area contributed by atoms with Gasteiger partial charge in [-0.2, -0.15) is 11.3 Å². The fourth-order valence-electron chi connectivity index (χ4n) is 2.96. The first kappa shape index (κ1) is 18.7. The van der Waals surface area contributed by atoms with Crippen molar-refractivity contribution >= 4 is 11.3 Å². The first-order valence-corrected chi connectivity index (χ1v) is 10.4. The fourth-order valence-corrected chi connectivity index (χ4v) is 3.89. The van der Waals surface area contributed by atoms with Gasteiger partial charge >= 0.3 is 0 Å². The van der Waals surface area contributed by atoms with Crippen LogP contribution in [-0.4, -0.2) is 0 Å². The van der Waals surface area contributed by atoms with Gasteiger partial charge in [-0.25, -0.2) is 0 Å². The van der Waals surface area contributed by atoms with Crippen molar-refractivity contribution in [2.24, 2.45) is 0 Å². The van der Waals surface area contributed by atoms with E-state index in [0.29, 0.717) is 0 Å². The molecule has 0 amide bonds. The summed E-state index contributed by atoms with van der Waals surface area (Å²) in [6, 6.07) is 0. The first-order chi connectivity index (χ1) is 10.4. The maximum absolute atomic E-state index is 2.39. The van der Waals surface area contributed by atoms with Crippen molar-refractivity contribution in [3.05, 3.63) is 21.9 Å². The third-order valence-corrected chi connectivity index (χ3v) is 5.27. The van der Waals surface area contributed by atoms with Gasteiger partial charge in [-0.1, -0.05) is 78.1 Å². The Morgan fingerprint density at radius 3 is 1.52 bits per heavy atom. The van der Waals surface area contributed by atoms with Crippen LogP contribution in [0.4, 0.5) is 0 Å². The van der Waals surface area contributed by atoms with Crippen molar-refractivity contribution in [2.75, 3.05) is 0 Å². The van der Waals surface area contributed by atoms with E-state index in [0.717, 1.165) is 0 Å². The van der Waals surface area contributed by atoms with Crippen molar-refractivity contribution in [3.63, 3.8) is 0 Å². The molecule has 21 heavy (non-hydrogen) atoms. The van der Waals surface area contributed by atoms with E-state index in [9.17, 15) is 0 Å². The summed E-state index contributed by atoms with van der Waals surface area (Å²) in [5.74, 6) is 0. The summed E-state index contributed by atoms with van der Waals surface area (Å²) in [5, 5.41) is 4.76. The van der Waals surface area contributed by atoms with Gasteiger partial charge in [0.2, 0.25) is 0 Å². The van der Waals surface area contributed by atoms with Gasteiger partial charge in [0.25, 0.3) is 0 Å². The molecule has 0 aromatic carbocycles. The number of unbranched alkanes of at least 4 members (excludes halogenated alkanes) is 10. The van der Waals surface area contributed by atoms with Crippen LogP contribution in [0, 0.1) is 0 Å². The SMILES string of the molecule is CCCCCCCCCCCCc1cscc1CCCC. The Balaban J connectivity index is 1.95. The molecule has 1 aromatic rings. The molecule has 0 unspecified atom stereocenters. The average Bonchev–Trinajstić information content (AvgIpc) is 2.94. The Morgan fingerprint density at radius 2 is 1.00 bits per heavy atom. The molecule has 0 N–H and O–H groups in total. The lowest BCUT2D eigenvalue weighted by molar-refractivity contribution is 0.556. The van der Waals surface area contributed by atoms with Gasteiger partial charge in [0.1, 0.15) is 0 Å². The van der Waals surface area contributed by atoms with Crippen LogP contribution in [0.5, 0.6) is 0 Å². The van der Waals surface area contributed by atoms with Gasteiger partial charge in [-0.3, -0.25) is 0 Å². The van der Waals surface area contributed by atoms with Crippen molar-refractivity contribution in [2.45, 2.75) is 104 Å². The van der Waals surface area contributed by atoms with Crippen molar-refractivity contribution in [1.82, 2.24) is 0 Å². The molecule has 0 aliphatic carbocycles. The molecular formula is C20H36S. The molecule has 1 rings (SSSR count). The number of thiophene rings is 1. The molecule has 0 aliphatic heterocycles. The predicted molar refractivity (Wildman–Crippen MR) is 98.5 cm³/mol. The molecule has 0 saturated heterocycles. The maximum Gasteiger partial charge on any atom is -0.00584 e. The summed E-state index contributed by atoms with van der Waals surface area (Å²) in [6.45, 7) is 4.58. The van der Waals surface area contributed by atoms with Crippen LogP contribution in [0.15, 0.2) is 10.8 Å². The lowest BCUT2D eigenvalue weighted by atomic mass is 10.0. The fraction of sp³-hybridized carbons (Fsp3) is 0.800. The zero-order chi connectivity index (χ0) is 15.2. The highest BCUT2D eigenvalue weighted by atomic mass is 32.1. The van der Waals surface area contributed by atoms with Gasteiger partial charge in [0, 0.05) is 0 Å². The zero-order valence-corrected chi connectivity index (χ0v) is 15.3. The molecule has 0 atom stereocenters. The van der Waals surface area contributed by atoms with E-state index in [1.54, 1.807) is 11.1 Å². The van der Waals surface area contributed by atoms with E-state index in [1.807, 2.05) is 11.3 Å². The lowest BCUT2D eigenvalue weighted by Crippen LogP contribution is -1.91. The second kappa shape index (κ2) is 13.4. The van der Waals surface area contributed by atoms with E-state index >= 15 is 0 Å². The second-order valence-electron chi connectivity index (χ2n) is 6.46. The molecule has 0 radical (unpaired) electrons. The average molecular weight is 309 g/mol.